The Morgan fingerprint density at radius 3 is 2.61 bits per heavy atom. The molecule has 1 aliphatic heterocycles. The molecule has 0 N–H and O–H groups in total. The van der Waals surface area contributed by atoms with E-state index < -0.39 is 0 Å². The minimum atomic E-state index is -0.0470. The number of hydrogen-bond acceptors (Lipinski definition) is 5. The number of likely N-dealkylation sites (tertiary alicyclic amines) is 1. The fourth-order valence-corrected chi connectivity index (χ4v) is 2.55. The van der Waals surface area contributed by atoms with Crippen LogP contribution in [0.1, 0.15) is 22.5 Å². The first kappa shape index (κ1) is 15.3. The molecule has 0 radical (unpaired) electrons. The normalized spacial score (nSPS) is 17.1. The first-order valence-electron chi connectivity index (χ1n) is 7.56. The lowest BCUT2D eigenvalue weighted by Gasteiger charge is -2.17. The maximum absolute atomic E-state index is 12.5. The second kappa shape index (κ2) is 6.64. The molecule has 1 amide bonds. The Morgan fingerprint density at radius 2 is 1.96 bits per heavy atom. The highest BCUT2D eigenvalue weighted by Crippen LogP contribution is 2.19. The van der Waals surface area contributed by atoms with E-state index in [-0.39, 0.29) is 12.0 Å². The van der Waals surface area contributed by atoms with Gasteiger partial charge in [0, 0.05) is 24.6 Å². The monoisotopic (exact) mass is 313 g/mol. The van der Waals surface area contributed by atoms with Crippen LogP contribution in [0.5, 0.6) is 11.6 Å². The zero-order valence-electron chi connectivity index (χ0n) is 13.2. The Kier molecular flexibility index (Phi) is 4.41. The number of carbonyl (C=O) groups is 1. The largest absolute Gasteiger partial charge is 0.497 e. The van der Waals surface area contributed by atoms with Gasteiger partial charge in [-0.05, 0) is 37.3 Å². The van der Waals surface area contributed by atoms with Crippen molar-refractivity contribution in [1.29, 1.82) is 0 Å². The zero-order chi connectivity index (χ0) is 16.2. The number of rotatable bonds is 4. The Hall–Kier alpha value is -2.63. The van der Waals surface area contributed by atoms with Gasteiger partial charge in [-0.3, -0.25) is 4.79 Å². The topological polar surface area (TPSA) is 64.5 Å². The first-order valence-corrected chi connectivity index (χ1v) is 7.56. The summed E-state index contributed by atoms with van der Waals surface area (Å²) in [6.45, 7) is 3.11. The number of carbonyl (C=O) groups excluding carboxylic acids is 1. The Bertz CT molecular complexity index is 670. The van der Waals surface area contributed by atoms with Gasteiger partial charge in [0.1, 0.15) is 11.9 Å². The molecule has 1 atom stereocenters. The van der Waals surface area contributed by atoms with Gasteiger partial charge in [-0.15, -0.1) is 5.10 Å². The van der Waals surface area contributed by atoms with E-state index in [1.54, 1.807) is 42.3 Å². The van der Waals surface area contributed by atoms with E-state index in [4.69, 9.17) is 9.47 Å². The minimum absolute atomic E-state index is 0.00810. The molecule has 2 aromatic rings. The third kappa shape index (κ3) is 3.59. The smallest absolute Gasteiger partial charge is 0.253 e. The zero-order valence-corrected chi connectivity index (χ0v) is 13.2. The molecular weight excluding hydrogens is 294 g/mol. The molecule has 1 saturated heterocycles. The highest BCUT2D eigenvalue weighted by molar-refractivity contribution is 5.94. The van der Waals surface area contributed by atoms with Crippen LogP contribution in [0.3, 0.4) is 0 Å². The summed E-state index contributed by atoms with van der Waals surface area (Å²) in [4.78, 5) is 14.3. The van der Waals surface area contributed by atoms with Crippen LogP contribution in [-0.2, 0) is 0 Å². The van der Waals surface area contributed by atoms with Crippen LogP contribution < -0.4 is 9.47 Å². The number of nitrogens with zero attached hydrogens (tertiary/aromatic N) is 3. The molecule has 23 heavy (non-hydrogen) atoms. The van der Waals surface area contributed by atoms with E-state index in [0.29, 0.717) is 24.5 Å². The Morgan fingerprint density at radius 1 is 1.17 bits per heavy atom. The van der Waals surface area contributed by atoms with Crippen LogP contribution >= 0.6 is 0 Å². The molecule has 2 heterocycles. The van der Waals surface area contributed by atoms with E-state index in [0.717, 1.165) is 17.9 Å². The first-order chi connectivity index (χ1) is 11.2. The summed E-state index contributed by atoms with van der Waals surface area (Å²) in [7, 11) is 1.60. The molecule has 1 aromatic heterocycles. The summed E-state index contributed by atoms with van der Waals surface area (Å²) < 4.78 is 10.9. The van der Waals surface area contributed by atoms with Crippen LogP contribution in [0.15, 0.2) is 36.4 Å². The fraction of sp³-hybridized carbons (Fsp3) is 0.353. The third-order valence-electron chi connectivity index (χ3n) is 3.83. The highest BCUT2D eigenvalue weighted by atomic mass is 16.5. The second-order valence-electron chi connectivity index (χ2n) is 5.52. The van der Waals surface area contributed by atoms with E-state index in [9.17, 15) is 4.79 Å². The van der Waals surface area contributed by atoms with Crippen molar-refractivity contribution in [2.45, 2.75) is 19.4 Å². The summed E-state index contributed by atoms with van der Waals surface area (Å²) in [6.07, 6.45) is 0.742. The van der Waals surface area contributed by atoms with Gasteiger partial charge in [-0.25, -0.2) is 0 Å². The number of aromatic nitrogens is 2. The lowest BCUT2D eigenvalue weighted by Crippen LogP contribution is -2.31. The second-order valence-corrected chi connectivity index (χ2v) is 5.52. The SMILES string of the molecule is COc1ccc(C(=O)N2CCC(Oc3ccc(C)nn3)C2)cc1. The van der Waals surface area contributed by atoms with Gasteiger partial charge in [0.25, 0.3) is 5.91 Å². The van der Waals surface area contributed by atoms with Crippen LogP contribution in [0.2, 0.25) is 0 Å². The molecular formula is C17H19N3O3. The Labute approximate surface area is 135 Å². The van der Waals surface area contributed by atoms with Gasteiger partial charge < -0.3 is 14.4 Å². The van der Waals surface area contributed by atoms with Crippen molar-refractivity contribution < 1.29 is 14.3 Å². The standard InChI is InChI=1S/C17H19N3O3/c1-12-3-8-16(19-18-12)23-15-9-10-20(11-15)17(21)13-4-6-14(22-2)7-5-13/h3-8,15H,9-11H2,1-2H3. The summed E-state index contributed by atoms with van der Waals surface area (Å²) in [6, 6.07) is 10.8. The number of benzene rings is 1. The highest BCUT2D eigenvalue weighted by Gasteiger charge is 2.28. The lowest BCUT2D eigenvalue weighted by molar-refractivity contribution is 0.0771. The molecule has 6 nitrogen and oxygen atoms in total. The number of hydrogen-bond donors (Lipinski definition) is 0. The van der Waals surface area contributed by atoms with Crippen molar-refractivity contribution in [2.24, 2.45) is 0 Å². The number of ether oxygens (including phenoxy) is 2. The lowest BCUT2D eigenvalue weighted by atomic mass is 10.2. The average molecular weight is 313 g/mol. The van der Waals surface area contributed by atoms with Gasteiger partial charge in [0.05, 0.1) is 19.3 Å². The summed E-state index contributed by atoms with van der Waals surface area (Å²) >= 11 is 0. The molecule has 3 rings (SSSR count). The summed E-state index contributed by atoms with van der Waals surface area (Å²) in [5, 5.41) is 7.97. The third-order valence-corrected chi connectivity index (χ3v) is 3.83. The quantitative estimate of drug-likeness (QED) is 0.865. The number of aryl methyl sites for hydroxylation is 1. The molecule has 1 aliphatic rings. The maximum Gasteiger partial charge on any atom is 0.253 e. The van der Waals surface area contributed by atoms with Crippen molar-refractivity contribution in [3.05, 3.63) is 47.7 Å². The molecule has 0 aliphatic carbocycles. The molecule has 0 saturated carbocycles. The summed E-state index contributed by atoms with van der Waals surface area (Å²) in [5.74, 6) is 1.25. The van der Waals surface area contributed by atoms with Gasteiger partial charge in [-0.1, -0.05) is 0 Å². The van der Waals surface area contributed by atoms with E-state index in [2.05, 4.69) is 10.2 Å². The van der Waals surface area contributed by atoms with Crippen LogP contribution in [0.4, 0.5) is 0 Å². The van der Waals surface area contributed by atoms with Crippen molar-refractivity contribution in [2.75, 3.05) is 20.2 Å². The van der Waals surface area contributed by atoms with Gasteiger partial charge in [0.15, 0.2) is 0 Å². The van der Waals surface area contributed by atoms with Crippen LogP contribution in [0.25, 0.3) is 0 Å². The van der Waals surface area contributed by atoms with E-state index in [1.165, 1.54) is 0 Å². The predicted molar refractivity (Wildman–Crippen MR) is 84.7 cm³/mol. The Balaban J connectivity index is 1.60. The molecule has 6 heteroatoms. The van der Waals surface area contributed by atoms with Crippen LogP contribution in [-0.4, -0.2) is 47.3 Å². The van der Waals surface area contributed by atoms with Crippen molar-refractivity contribution in [3.8, 4) is 11.6 Å². The van der Waals surface area contributed by atoms with E-state index >= 15 is 0 Å². The fourth-order valence-electron chi connectivity index (χ4n) is 2.55. The van der Waals surface area contributed by atoms with Crippen molar-refractivity contribution in [3.63, 3.8) is 0 Å². The molecule has 1 unspecified atom stereocenters. The van der Waals surface area contributed by atoms with Gasteiger partial charge >= 0.3 is 0 Å². The predicted octanol–water partition coefficient (Wildman–Crippen LogP) is 2.09. The molecule has 120 valence electrons. The van der Waals surface area contributed by atoms with Crippen molar-refractivity contribution >= 4 is 5.91 Å². The van der Waals surface area contributed by atoms with Gasteiger partial charge in [0.2, 0.25) is 5.88 Å². The van der Waals surface area contributed by atoms with Crippen molar-refractivity contribution in [1.82, 2.24) is 15.1 Å². The number of methoxy groups -OCH3 is 1. The molecule has 1 fully saturated rings. The van der Waals surface area contributed by atoms with Crippen LogP contribution in [0, 0.1) is 6.92 Å². The minimum Gasteiger partial charge on any atom is -0.497 e. The maximum atomic E-state index is 12.5. The molecule has 0 spiro atoms. The summed E-state index contributed by atoms with van der Waals surface area (Å²) in [5.41, 5.74) is 1.50. The van der Waals surface area contributed by atoms with Gasteiger partial charge in [-0.2, -0.15) is 5.10 Å². The van der Waals surface area contributed by atoms with E-state index in [1.807, 2.05) is 13.0 Å². The molecule has 1 aromatic carbocycles. The number of amides is 1. The average Bonchev–Trinajstić information content (AvgIpc) is 3.05. The molecule has 0 bridgehead atoms.